The molecule has 0 aliphatic carbocycles. The molecule has 4 aromatic rings. The van der Waals surface area contributed by atoms with Crippen LogP contribution in [0.3, 0.4) is 0 Å². The average molecular weight is 514 g/mol. The number of hydrogen-bond donors (Lipinski definition) is 1. The van der Waals surface area contributed by atoms with Crippen LogP contribution < -0.4 is 5.43 Å². The molecule has 0 bridgehead atoms. The van der Waals surface area contributed by atoms with Crippen molar-refractivity contribution in [3.63, 3.8) is 0 Å². The number of hydrogen-bond acceptors (Lipinski definition) is 2. The number of benzene rings is 3. The Labute approximate surface area is 187 Å². The summed E-state index contributed by atoms with van der Waals surface area (Å²) in [6.45, 7) is 0.723. The molecule has 6 heteroatoms. The molecule has 144 valence electrons. The molecule has 0 aliphatic rings. The zero-order valence-electron chi connectivity index (χ0n) is 15.3. The van der Waals surface area contributed by atoms with Crippen molar-refractivity contribution < 1.29 is 4.79 Å². The quantitative estimate of drug-likeness (QED) is 0.207. The SMILES string of the molecule is O=C(N/N=C\c1cn(Cc2ccc(Cl)cc2)c2ccccc12)c1ccc(I)cc1. The molecule has 0 unspecified atom stereocenters. The van der Waals surface area contributed by atoms with E-state index in [9.17, 15) is 4.79 Å². The lowest BCUT2D eigenvalue weighted by molar-refractivity contribution is 0.0955. The molecule has 0 atom stereocenters. The number of nitrogens with zero attached hydrogens (tertiary/aromatic N) is 2. The van der Waals surface area contributed by atoms with Crippen LogP contribution >= 0.6 is 34.2 Å². The summed E-state index contributed by atoms with van der Waals surface area (Å²) < 4.78 is 3.25. The Morgan fingerprint density at radius 2 is 1.76 bits per heavy atom. The van der Waals surface area contributed by atoms with Crippen molar-refractivity contribution in [2.24, 2.45) is 5.10 Å². The Morgan fingerprint density at radius 3 is 2.52 bits per heavy atom. The van der Waals surface area contributed by atoms with E-state index in [1.165, 1.54) is 0 Å². The number of halogens is 2. The molecule has 1 heterocycles. The Kier molecular flexibility index (Phi) is 5.97. The highest BCUT2D eigenvalue weighted by Crippen LogP contribution is 2.22. The van der Waals surface area contributed by atoms with Crippen molar-refractivity contribution in [3.05, 3.63) is 104 Å². The molecule has 0 fully saturated rings. The molecule has 0 radical (unpaired) electrons. The molecule has 0 saturated carbocycles. The third kappa shape index (κ3) is 4.68. The van der Waals surface area contributed by atoms with Gasteiger partial charge in [-0.1, -0.05) is 41.9 Å². The maximum Gasteiger partial charge on any atom is 0.271 e. The number of carbonyl (C=O) groups is 1. The van der Waals surface area contributed by atoms with E-state index in [0.717, 1.165) is 37.2 Å². The monoisotopic (exact) mass is 513 g/mol. The van der Waals surface area contributed by atoms with Crippen LogP contribution in [0.25, 0.3) is 10.9 Å². The number of rotatable bonds is 5. The third-order valence-corrected chi connectivity index (χ3v) is 5.53. The predicted molar refractivity (Wildman–Crippen MR) is 127 cm³/mol. The van der Waals surface area contributed by atoms with Gasteiger partial charge in [0.05, 0.1) is 6.21 Å². The van der Waals surface area contributed by atoms with E-state index >= 15 is 0 Å². The molecule has 3 aromatic carbocycles. The van der Waals surface area contributed by atoms with E-state index in [-0.39, 0.29) is 5.91 Å². The topological polar surface area (TPSA) is 46.4 Å². The van der Waals surface area contributed by atoms with Crippen molar-refractivity contribution in [3.8, 4) is 0 Å². The van der Waals surface area contributed by atoms with Crippen LogP contribution in [0, 0.1) is 3.57 Å². The lowest BCUT2D eigenvalue weighted by Crippen LogP contribution is -2.17. The van der Waals surface area contributed by atoms with Crippen LogP contribution in [0.2, 0.25) is 5.02 Å². The van der Waals surface area contributed by atoms with E-state index in [1.807, 2.05) is 54.7 Å². The summed E-state index contributed by atoms with van der Waals surface area (Å²) in [6, 6.07) is 23.3. The summed E-state index contributed by atoms with van der Waals surface area (Å²) >= 11 is 8.20. The first-order valence-corrected chi connectivity index (χ1v) is 10.5. The molecule has 1 N–H and O–H groups in total. The van der Waals surface area contributed by atoms with Gasteiger partial charge in [-0.15, -0.1) is 0 Å². The normalized spacial score (nSPS) is 11.2. The Balaban J connectivity index is 1.55. The lowest BCUT2D eigenvalue weighted by atomic mass is 10.2. The standard InChI is InChI=1S/C23H17ClIN3O/c24-19-9-5-16(6-10-19)14-28-15-18(21-3-1-2-4-22(21)28)13-26-27-23(29)17-7-11-20(25)12-8-17/h1-13,15H,14H2,(H,27,29)/b26-13-. The summed E-state index contributed by atoms with van der Waals surface area (Å²) in [5, 5.41) is 5.97. The van der Waals surface area contributed by atoms with E-state index < -0.39 is 0 Å². The van der Waals surface area contributed by atoms with Crippen LogP contribution in [-0.4, -0.2) is 16.7 Å². The van der Waals surface area contributed by atoms with Gasteiger partial charge >= 0.3 is 0 Å². The summed E-state index contributed by atoms with van der Waals surface area (Å²) in [5.41, 5.74) is 6.38. The maximum absolute atomic E-state index is 12.2. The van der Waals surface area contributed by atoms with Crippen molar-refractivity contribution in [1.82, 2.24) is 9.99 Å². The highest BCUT2D eigenvalue weighted by Gasteiger charge is 2.08. The third-order valence-electron chi connectivity index (χ3n) is 4.56. The number of carbonyl (C=O) groups excluding carboxylic acids is 1. The fourth-order valence-electron chi connectivity index (χ4n) is 3.12. The zero-order chi connectivity index (χ0) is 20.2. The van der Waals surface area contributed by atoms with Gasteiger partial charge in [0, 0.05) is 43.4 Å². The first-order chi connectivity index (χ1) is 14.1. The van der Waals surface area contributed by atoms with Gasteiger partial charge in [-0.05, 0) is 70.6 Å². The second-order valence-corrected chi connectivity index (χ2v) is 8.24. The van der Waals surface area contributed by atoms with Gasteiger partial charge in [0.25, 0.3) is 5.91 Å². The van der Waals surface area contributed by atoms with Crippen LogP contribution in [0.5, 0.6) is 0 Å². The minimum absolute atomic E-state index is 0.234. The van der Waals surface area contributed by atoms with Gasteiger partial charge in [-0.3, -0.25) is 4.79 Å². The highest BCUT2D eigenvalue weighted by atomic mass is 127. The molecule has 0 aliphatic heterocycles. The summed E-state index contributed by atoms with van der Waals surface area (Å²) in [5.74, 6) is -0.234. The summed E-state index contributed by atoms with van der Waals surface area (Å²) in [7, 11) is 0. The van der Waals surface area contributed by atoms with Crippen molar-refractivity contribution in [2.45, 2.75) is 6.54 Å². The molecule has 4 nitrogen and oxygen atoms in total. The van der Waals surface area contributed by atoms with Gasteiger partial charge in [0.2, 0.25) is 0 Å². The number of amides is 1. The van der Waals surface area contributed by atoms with Crippen LogP contribution in [0.4, 0.5) is 0 Å². The smallest absolute Gasteiger partial charge is 0.271 e. The van der Waals surface area contributed by atoms with Gasteiger partial charge in [-0.2, -0.15) is 5.10 Å². The Bertz CT molecular complexity index is 1180. The Morgan fingerprint density at radius 1 is 1.03 bits per heavy atom. The molecule has 0 saturated heterocycles. The zero-order valence-corrected chi connectivity index (χ0v) is 18.3. The molecule has 29 heavy (non-hydrogen) atoms. The second kappa shape index (κ2) is 8.80. The largest absolute Gasteiger partial charge is 0.342 e. The summed E-state index contributed by atoms with van der Waals surface area (Å²) in [6.07, 6.45) is 3.73. The summed E-state index contributed by atoms with van der Waals surface area (Å²) in [4.78, 5) is 12.2. The number of fused-ring (bicyclic) bond motifs is 1. The minimum Gasteiger partial charge on any atom is -0.342 e. The van der Waals surface area contributed by atoms with Crippen LogP contribution in [0.1, 0.15) is 21.5 Å². The van der Waals surface area contributed by atoms with E-state index in [0.29, 0.717) is 5.56 Å². The molecule has 0 spiro atoms. The van der Waals surface area contributed by atoms with E-state index in [4.69, 9.17) is 11.6 Å². The van der Waals surface area contributed by atoms with Crippen molar-refractivity contribution >= 4 is 57.2 Å². The molecular formula is C23H17ClIN3O. The molecule has 1 aromatic heterocycles. The number of para-hydroxylation sites is 1. The highest BCUT2D eigenvalue weighted by molar-refractivity contribution is 14.1. The van der Waals surface area contributed by atoms with E-state index in [1.54, 1.807) is 18.3 Å². The first-order valence-electron chi connectivity index (χ1n) is 9.01. The van der Waals surface area contributed by atoms with Gasteiger partial charge in [-0.25, -0.2) is 5.43 Å². The van der Waals surface area contributed by atoms with Crippen molar-refractivity contribution in [1.29, 1.82) is 0 Å². The second-order valence-electron chi connectivity index (χ2n) is 6.56. The average Bonchev–Trinajstić information content (AvgIpc) is 3.08. The Hall–Kier alpha value is -2.64. The van der Waals surface area contributed by atoms with Gasteiger partial charge in [0.1, 0.15) is 0 Å². The number of nitrogens with one attached hydrogen (secondary N) is 1. The van der Waals surface area contributed by atoms with Crippen LogP contribution in [0.15, 0.2) is 84.1 Å². The van der Waals surface area contributed by atoms with Crippen molar-refractivity contribution in [2.75, 3.05) is 0 Å². The minimum atomic E-state index is -0.234. The molecule has 1 amide bonds. The van der Waals surface area contributed by atoms with E-state index in [2.05, 4.69) is 49.8 Å². The first kappa shape index (κ1) is 19.7. The van der Waals surface area contributed by atoms with Gasteiger partial charge in [0.15, 0.2) is 0 Å². The maximum atomic E-state index is 12.2. The fraction of sp³-hybridized carbons (Fsp3) is 0.0435. The lowest BCUT2D eigenvalue weighted by Gasteiger charge is -2.05. The molecular weight excluding hydrogens is 497 g/mol. The fourth-order valence-corrected chi connectivity index (χ4v) is 3.61. The predicted octanol–water partition coefficient (Wildman–Crippen LogP) is 5.71. The molecule has 4 rings (SSSR count). The number of aromatic nitrogens is 1. The number of hydrazone groups is 1. The van der Waals surface area contributed by atoms with Crippen LogP contribution in [-0.2, 0) is 6.54 Å². The van der Waals surface area contributed by atoms with Gasteiger partial charge < -0.3 is 4.57 Å².